The minimum absolute atomic E-state index is 0.196. The average molecular weight is 269 g/mol. The van der Waals surface area contributed by atoms with Gasteiger partial charge in [-0.2, -0.15) is 0 Å². The van der Waals surface area contributed by atoms with E-state index in [-0.39, 0.29) is 6.10 Å². The van der Waals surface area contributed by atoms with Gasteiger partial charge < -0.3 is 15.4 Å². The Bertz CT molecular complexity index is 421. The fourth-order valence-corrected chi connectivity index (χ4v) is 1.90. The lowest BCUT2D eigenvalue weighted by atomic mass is 10.3. The van der Waals surface area contributed by atoms with Crippen molar-refractivity contribution >= 4 is 17.6 Å². The van der Waals surface area contributed by atoms with Crippen LogP contribution in [0.15, 0.2) is 23.3 Å². The van der Waals surface area contributed by atoms with E-state index in [4.69, 9.17) is 22.1 Å². The maximum absolute atomic E-state index is 5.95. The van der Waals surface area contributed by atoms with Gasteiger partial charge in [0.25, 0.3) is 0 Å². The minimum atomic E-state index is 0.196. The van der Waals surface area contributed by atoms with Gasteiger partial charge in [-0.25, -0.2) is 4.99 Å². The first-order valence-electron chi connectivity index (χ1n) is 5.92. The summed E-state index contributed by atoms with van der Waals surface area (Å²) in [6.45, 7) is 4.75. The fourth-order valence-electron chi connectivity index (χ4n) is 1.79. The lowest BCUT2D eigenvalue weighted by Gasteiger charge is -2.31. The molecule has 98 valence electrons. The van der Waals surface area contributed by atoms with Crippen molar-refractivity contribution in [1.29, 1.82) is 0 Å². The molecule has 0 aliphatic carbocycles. The Kier molecular flexibility index (Phi) is 4.38. The molecular formula is C12H17ClN4O. The van der Waals surface area contributed by atoms with E-state index in [0.29, 0.717) is 24.1 Å². The molecule has 2 heterocycles. The third-order valence-corrected chi connectivity index (χ3v) is 2.98. The zero-order valence-electron chi connectivity index (χ0n) is 10.3. The number of guanidine groups is 1. The highest BCUT2D eigenvalue weighted by atomic mass is 35.5. The van der Waals surface area contributed by atoms with Crippen LogP contribution in [0.25, 0.3) is 0 Å². The van der Waals surface area contributed by atoms with Gasteiger partial charge in [0, 0.05) is 19.3 Å². The van der Waals surface area contributed by atoms with E-state index < -0.39 is 0 Å². The third-order valence-electron chi connectivity index (χ3n) is 2.76. The first-order valence-corrected chi connectivity index (χ1v) is 6.30. The molecule has 0 bridgehead atoms. The molecule has 2 N–H and O–H groups in total. The Morgan fingerprint density at radius 3 is 3.17 bits per heavy atom. The van der Waals surface area contributed by atoms with Crippen molar-refractivity contribution in [3.05, 3.63) is 29.0 Å². The second-order valence-electron chi connectivity index (χ2n) is 4.27. The highest BCUT2D eigenvalue weighted by Crippen LogP contribution is 2.08. The van der Waals surface area contributed by atoms with Gasteiger partial charge in [0.1, 0.15) is 0 Å². The van der Waals surface area contributed by atoms with E-state index in [1.54, 1.807) is 12.3 Å². The van der Waals surface area contributed by atoms with E-state index in [2.05, 4.69) is 9.98 Å². The van der Waals surface area contributed by atoms with Gasteiger partial charge in [0.15, 0.2) is 5.96 Å². The number of pyridine rings is 1. The molecule has 0 aromatic carbocycles. The van der Waals surface area contributed by atoms with Gasteiger partial charge in [-0.1, -0.05) is 11.6 Å². The second kappa shape index (κ2) is 6.02. The number of hydrogen-bond acceptors (Lipinski definition) is 3. The van der Waals surface area contributed by atoms with Crippen LogP contribution in [0.5, 0.6) is 0 Å². The standard InChI is InChI=1S/C12H17ClN4O/c1-9-8-17(4-5-18-9)12(14)16-7-11-3-2-10(13)6-15-11/h2-3,6,9H,4-5,7-8H2,1H3,(H2,14,16). The molecule has 1 aliphatic heterocycles. The number of aromatic nitrogens is 1. The molecule has 0 saturated carbocycles. The van der Waals surface area contributed by atoms with E-state index >= 15 is 0 Å². The molecule has 6 heteroatoms. The number of halogens is 1. The molecule has 18 heavy (non-hydrogen) atoms. The zero-order chi connectivity index (χ0) is 13.0. The molecular weight excluding hydrogens is 252 g/mol. The van der Waals surface area contributed by atoms with Crippen molar-refractivity contribution in [1.82, 2.24) is 9.88 Å². The van der Waals surface area contributed by atoms with Crippen LogP contribution in [0.1, 0.15) is 12.6 Å². The summed E-state index contributed by atoms with van der Waals surface area (Å²) in [5, 5.41) is 0.623. The lowest BCUT2D eigenvalue weighted by molar-refractivity contribution is 0.00528. The maximum atomic E-state index is 5.95. The first-order chi connectivity index (χ1) is 8.65. The number of nitrogens with two attached hydrogens (primary N) is 1. The van der Waals surface area contributed by atoms with E-state index in [9.17, 15) is 0 Å². The van der Waals surface area contributed by atoms with Crippen LogP contribution in [0.2, 0.25) is 5.02 Å². The molecule has 2 rings (SSSR count). The number of nitrogens with zero attached hydrogens (tertiary/aromatic N) is 3. The predicted molar refractivity (Wildman–Crippen MR) is 71.6 cm³/mol. The number of aliphatic imine (C=N–C) groups is 1. The average Bonchev–Trinajstić information content (AvgIpc) is 2.38. The Morgan fingerprint density at radius 2 is 2.50 bits per heavy atom. The predicted octanol–water partition coefficient (Wildman–Crippen LogP) is 1.27. The molecule has 1 aliphatic rings. The summed E-state index contributed by atoms with van der Waals surface area (Å²) in [6.07, 6.45) is 1.81. The van der Waals surface area contributed by atoms with Crippen molar-refractivity contribution in [2.75, 3.05) is 19.7 Å². The zero-order valence-corrected chi connectivity index (χ0v) is 11.1. The highest BCUT2D eigenvalue weighted by molar-refractivity contribution is 6.30. The number of morpholine rings is 1. The summed E-state index contributed by atoms with van der Waals surface area (Å²) in [6, 6.07) is 3.65. The highest BCUT2D eigenvalue weighted by Gasteiger charge is 2.17. The molecule has 1 atom stereocenters. The Labute approximate surface area is 112 Å². The summed E-state index contributed by atoms with van der Waals surface area (Å²) >= 11 is 5.77. The molecule has 0 spiro atoms. The largest absolute Gasteiger partial charge is 0.375 e. The van der Waals surface area contributed by atoms with Crippen molar-refractivity contribution < 1.29 is 4.74 Å². The van der Waals surface area contributed by atoms with Crippen molar-refractivity contribution in [2.24, 2.45) is 10.7 Å². The van der Waals surface area contributed by atoms with Crippen molar-refractivity contribution in [3.8, 4) is 0 Å². The summed E-state index contributed by atoms with van der Waals surface area (Å²) in [5.41, 5.74) is 6.81. The van der Waals surface area contributed by atoms with Gasteiger partial charge in [0.2, 0.25) is 0 Å². The molecule has 1 saturated heterocycles. The normalized spacial score (nSPS) is 21.1. The summed E-state index contributed by atoms with van der Waals surface area (Å²) in [4.78, 5) is 10.5. The van der Waals surface area contributed by atoms with Crippen molar-refractivity contribution in [2.45, 2.75) is 19.6 Å². The van der Waals surface area contributed by atoms with Gasteiger partial charge >= 0.3 is 0 Å². The SMILES string of the molecule is CC1CN(C(N)=NCc2ccc(Cl)cn2)CCO1. The van der Waals surface area contributed by atoms with Crippen LogP contribution in [0, 0.1) is 0 Å². The van der Waals surface area contributed by atoms with Crippen molar-refractivity contribution in [3.63, 3.8) is 0 Å². The number of ether oxygens (including phenoxy) is 1. The van der Waals surface area contributed by atoms with Gasteiger partial charge in [-0.15, -0.1) is 0 Å². The molecule has 0 amide bonds. The van der Waals surface area contributed by atoms with Crippen LogP contribution >= 0.6 is 11.6 Å². The fraction of sp³-hybridized carbons (Fsp3) is 0.500. The molecule has 1 unspecified atom stereocenters. The summed E-state index contributed by atoms with van der Waals surface area (Å²) in [5.74, 6) is 0.543. The Balaban J connectivity index is 1.93. The third kappa shape index (κ3) is 3.58. The quantitative estimate of drug-likeness (QED) is 0.648. The molecule has 1 fully saturated rings. The molecule has 1 aromatic heterocycles. The van der Waals surface area contributed by atoms with Crippen LogP contribution in [-0.4, -0.2) is 41.6 Å². The first kappa shape index (κ1) is 13.1. The Morgan fingerprint density at radius 1 is 1.67 bits per heavy atom. The number of rotatable bonds is 2. The smallest absolute Gasteiger partial charge is 0.191 e. The van der Waals surface area contributed by atoms with Gasteiger partial charge in [-0.05, 0) is 19.1 Å². The van der Waals surface area contributed by atoms with E-state index in [0.717, 1.165) is 18.8 Å². The van der Waals surface area contributed by atoms with Crippen LogP contribution in [0.4, 0.5) is 0 Å². The molecule has 1 aromatic rings. The monoisotopic (exact) mass is 268 g/mol. The molecule has 0 radical (unpaired) electrons. The van der Waals surface area contributed by atoms with Gasteiger partial charge in [0.05, 0.1) is 30.0 Å². The second-order valence-corrected chi connectivity index (χ2v) is 4.71. The summed E-state index contributed by atoms with van der Waals surface area (Å²) in [7, 11) is 0. The summed E-state index contributed by atoms with van der Waals surface area (Å²) < 4.78 is 5.45. The minimum Gasteiger partial charge on any atom is -0.375 e. The van der Waals surface area contributed by atoms with E-state index in [1.807, 2.05) is 17.9 Å². The van der Waals surface area contributed by atoms with Crippen LogP contribution in [-0.2, 0) is 11.3 Å². The topological polar surface area (TPSA) is 63.7 Å². The van der Waals surface area contributed by atoms with Crippen LogP contribution in [0.3, 0.4) is 0 Å². The Hall–Kier alpha value is -1.33. The lowest BCUT2D eigenvalue weighted by Crippen LogP contribution is -2.47. The number of hydrogen-bond donors (Lipinski definition) is 1. The van der Waals surface area contributed by atoms with E-state index in [1.165, 1.54) is 0 Å². The molecule has 5 nitrogen and oxygen atoms in total. The van der Waals surface area contributed by atoms with Gasteiger partial charge in [-0.3, -0.25) is 4.98 Å². The van der Waals surface area contributed by atoms with Crippen LogP contribution < -0.4 is 5.73 Å². The maximum Gasteiger partial charge on any atom is 0.191 e.